The second-order valence-electron chi connectivity index (χ2n) is 15.2. The molecule has 59 heavy (non-hydrogen) atoms. The Bertz CT molecular complexity index is 3310. The Labute approximate surface area is 344 Å². The summed E-state index contributed by atoms with van der Waals surface area (Å²) in [5.74, 6) is 0. The van der Waals surface area contributed by atoms with E-state index in [1.165, 1.54) is 82.0 Å². The Kier molecular flexibility index (Phi) is 8.56. The van der Waals surface area contributed by atoms with Crippen molar-refractivity contribution in [1.82, 2.24) is 0 Å². The van der Waals surface area contributed by atoms with E-state index in [1.54, 1.807) is 0 Å². The normalized spacial score (nSPS) is 11.4. The topological polar surface area (TPSA) is 3.24 Å². The van der Waals surface area contributed by atoms with E-state index in [-0.39, 0.29) is 0 Å². The minimum atomic E-state index is 1.10. The van der Waals surface area contributed by atoms with Crippen LogP contribution in [-0.4, -0.2) is 0 Å². The molecule has 0 saturated heterocycles. The predicted molar refractivity (Wildman–Crippen MR) is 253 cm³/mol. The maximum atomic E-state index is 2.41. The fraction of sp³-hybridized carbons (Fsp3) is 0. The number of anilines is 3. The highest BCUT2D eigenvalue weighted by Crippen LogP contribution is 2.46. The van der Waals surface area contributed by atoms with Crippen LogP contribution in [0.2, 0.25) is 0 Å². The van der Waals surface area contributed by atoms with Crippen molar-refractivity contribution < 1.29 is 0 Å². The van der Waals surface area contributed by atoms with Crippen molar-refractivity contribution in [3.05, 3.63) is 237 Å². The van der Waals surface area contributed by atoms with E-state index in [9.17, 15) is 0 Å². The molecular weight excluding hydrogens is 711 g/mol. The number of fused-ring (bicyclic) bond motifs is 5. The van der Waals surface area contributed by atoms with Gasteiger partial charge in [-0.1, -0.05) is 200 Å². The number of rotatable bonds is 7. The van der Waals surface area contributed by atoms with Gasteiger partial charge in [-0.3, -0.25) is 0 Å². The lowest BCUT2D eigenvalue weighted by Gasteiger charge is -2.27. The lowest BCUT2D eigenvalue weighted by Crippen LogP contribution is -2.10. The molecule has 1 nitrogen and oxygen atoms in total. The third-order valence-electron chi connectivity index (χ3n) is 11.8. The first kappa shape index (κ1) is 34.5. The van der Waals surface area contributed by atoms with E-state index >= 15 is 0 Å². The maximum Gasteiger partial charge on any atom is 0.0540 e. The lowest BCUT2D eigenvalue weighted by atomic mass is 9.84. The number of nitrogens with zero attached hydrogens (tertiary/aromatic N) is 1. The molecule has 0 radical (unpaired) electrons. The van der Waals surface area contributed by atoms with Gasteiger partial charge in [0.1, 0.15) is 0 Å². The maximum absolute atomic E-state index is 2.41. The average molecular weight is 750 g/mol. The molecule has 0 spiro atoms. The first-order valence-corrected chi connectivity index (χ1v) is 20.3. The highest BCUT2D eigenvalue weighted by atomic mass is 15.1. The molecule has 0 atom stereocenters. The van der Waals surface area contributed by atoms with E-state index in [0.717, 1.165) is 22.6 Å². The standard InChI is InChI=1S/C58H39N/c1-2-18-43(19-3-1)57-54-30-10-8-28-52(54)53-29-9-11-31-55(53)58(57)46-24-12-22-44(38-46)45-23-13-25-48(39-45)59(56-33-15-21-41-17-5-7-27-51(41)56)47-36-34-42(35-37-47)50-32-14-20-40-16-4-6-26-49(40)50/h1-39H. The Morgan fingerprint density at radius 2 is 0.712 bits per heavy atom. The third kappa shape index (κ3) is 6.12. The zero-order chi connectivity index (χ0) is 39.1. The summed E-state index contributed by atoms with van der Waals surface area (Å²) in [4.78, 5) is 2.41. The van der Waals surface area contributed by atoms with Crippen molar-refractivity contribution in [3.63, 3.8) is 0 Å². The van der Waals surface area contributed by atoms with Crippen LogP contribution in [0.15, 0.2) is 237 Å². The average Bonchev–Trinajstić information content (AvgIpc) is 3.32. The Hall–Kier alpha value is -7.74. The minimum absolute atomic E-state index is 1.10. The van der Waals surface area contributed by atoms with E-state index in [1.807, 2.05) is 0 Å². The Morgan fingerprint density at radius 1 is 0.237 bits per heavy atom. The van der Waals surface area contributed by atoms with Gasteiger partial charge >= 0.3 is 0 Å². The monoisotopic (exact) mass is 749 g/mol. The lowest BCUT2D eigenvalue weighted by molar-refractivity contribution is 1.30. The molecule has 0 bridgehead atoms. The van der Waals surface area contributed by atoms with E-state index in [0.29, 0.717) is 0 Å². The summed E-state index contributed by atoms with van der Waals surface area (Å²) in [6.45, 7) is 0. The molecule has 11 aromatic rings. The van der Waals surface area contributed by atoms with Crippen LogP contribution >= 0.6 is 0 Å². The molecule has 0 fully saturated rings. The molecule has 0 N–H and O–H groups in total. The summed E-state index contributed by atoms with van der Waals surface area (Å²) in [6.07, 6.45) is 0. The van der Waals surface area contributed by atoms with Gasteiger partial charge in [-0.2, -0.15) is 0 Å². The first-order chi connectivity index (χ1) is 29.3. The summed E-state index contributed by atoms with van der Waals surface area (Å²) in [5.41, 5.74) is 13.0. The van der Waals surface area contributed by atoms with Gasteiger partial charge in [0.25, 0.3) is 0 Å². The molecule has 11 rings (SSSR count). The fourth-order valence-corrected chi connectivity index (χ4v) is 9.12. The molecule has 0 amide bonds. The van der Waals surface area contributed by atoms with Gasteiger partial charge in [-0.05, 0) is 119 Å². The van der Waals surface area contributed by atoms with Gasteiger partial charge in [0, 0.05) is 16.8 Å². The second-order valence-corrected chi connectivity index (χ2v) is 15.2. The molecule has 0 heterocycles. The molecular formula is C58H39N. The van der Waals surface area contributed by atoms with Crippen LogP contribution in [0.1, 0.15) is 0 Å². The largest absolute Gasteiger partial charge is 0.310 e. The number of hydrogen-bond acceptors (Lipinski definition) is 1. The van der Waals surface area contributed by atoms with Crippen LogP contribution < -0.4 is 4.90 Å². The summed E-state index contributed by atoms with van der Waals surface area (Å²) in [5, 5.41) is 9.98. The van der Waals surface area contributed by atoms with Crippen LogP contribution in [0.3, 0.4) is 0 Å². The molecule has 0 aliphatic carbocycles. The highest BCUT2D eigenvalue weighted by Gasteiger charge is 2.20. The van der Waals surface area contributed by atoms with Gasteiger partial charge in [0.2, 0.25) is 0 Å². The van der Waals surface area contributed by atoms with Crippen molar-refractivity contribution >= 4 is 60.2 Å². The van der Waals surface area contributed by atoms with Crippen molar-refractivity contribution in [3.8, 4) is 44.5 Å². The molecule has 1 heteroatoms. The SMILES string of the molecule is c1ccc(-c2c(-c3cccc(-c4cccc(N(c5ccc(-c6cccc7ccccc67)cc5)c5cccc6ccccc56)c4)c3)c3ccccc3c3ccccc23)cc1. The van der Waals surface area contributed by atoms with Crippen LogP contribution in [0, 0.1) is 0 Å². The van der Waals surface area contributed by atoms with E-state index < -0.39 is 0 Å². The molecule has 0 aliphatic heterocycles. The number of benzene rings is 11. The van der Waals surface area contributed by atoms with Gasteiger partial charge in [0.15, 0.2) is 0 Å². The third-order valence-corrected chi connectivity index (χ3v) is 11.8. The quantitative estimate of drug-likeness (QED) is 0.147. The second kappa shape index (κ2) is 14.6. The Morgan fingerprint density at radius 3 is 1.42 bits per heavy atom. The predicted octanol–water partition coefficient (Wildman–Crippen LogP) is 16.4. The summed E-state index contributed by atoms with van der Waals surface area (Å²) >= 11 is 0. The minimum Gasteiger partial charge on any atom is -0.310 e. The van der Waals surface area contributed by atoms with Crippen molar-refractivity contribution in [2.24, 2.45) is 0 Å². The molecule has 0 saturated carbocycles. The zero-order valence-corrected chi connectivity index (χ0v) is 32.5. The summed E-state index contributed by atoms with van der Waals surface area (Å²) in [6, 6.07) is 86.2. The van der Waals surface area contributed by atoms with Crippen LogP contribution in [0.4, 0.5) is 17.1 Å². The molecule has 0 unspecified atom stereocenters. The molecule has 11 aromatic carbocycles. The molecule has 0 aliphatic rings. The van der Waals surface area contributed by atoms with Gasteiger partial charge in [-0.25, -0.2) is 0 Å². The smallest absolute Gasteiger partial charge is 0.0540 e. The number of hydrogen-bond donors (Lipinski definition) is 0. The molecule has 276 valence electrons. The first-order valence-electron chi connectivity index (χ1n) is 20.3. The summed E-state index contributed by atoms with van der Waals surface area (Å²) < 4.78 is 0. The fourth-order valence-electron chi connectivity index (χ4n) is 9.12. The van der Waals surface area contributed by atoms with Gasteiger partial charge in [0.05, 0.1) is 5.69 Å². The van der Waals surface area contributed by atoms with Crippen LogP contribution in [0.5, 0.6) is 0 Å². The Balaban J connectivity index is 1.07. The highest BCUT2D eigenvalue weighted by molar-refractivity contribution is 6.21. The van der Waals surface area contributed by atoms with Crippen LogP contribution in [-0.2, 0) is 0 Å². The van der Waals surface area contributed by atoms with E-state index in [4.69, 9.17) is 0 Å². The van der Waals surface area contributed by atoms with Gasteiger partial charge in [-0.15, -0.1) is 0 Å². The molecule has 0 aromatic heterocycles. The van der Waals surface area contributed by atoms with Crippen molar-refractivity contribution in [2.75, 3.05) is 4.90 Å². The van der Waals surface area contributed by atoms with Crippen molar-refractivity contribution in [2.45, 2.75) is 0 Å². The summed E-state index contributed by atoms with van der Waals surface area (Å²) in [7, 11) is 0. The van der Waals surface area contributed by atoms with Gasteiger partial charge < -0.3 is 4.90 Å². The van der Waals surface area contributed by atoms with Crippen molar-refractivity contribution in [1.29, 1.82) is 0 Å². The van der Waals surface area contributed by atoms with E-state index in [2.05, 4.69) is 241 Å². The van der Waals surface area contributed by atoms with Crippen LogP contribution in [0.25, 0.3) is 87.6 Å². The zero-order valence-electron chi connectivity index (χ0n) is 32.5.